The third-order valence-corrected chi connectivity index (χ3v) is 4.66. The van der Waals surface area contributed by atoms with Crippen LogP contribution in [-0.4, -0.2) is 26.8 Å². The van der Waals surface area contributed by atoms with E-state index in [2.05, 4.69) is 9.97 Å². The number of aromatic nitrogens is 2. The molecule has 0 saturated heterocycles. The van der Waals surface area contributed by atoms with Gasteiger partial charge in [0.05, 0.1) is 16.8 Å². The third-order valence-electron chi connectivity index (χ3n) is 4.66. The number of rotatable bonds is 2. The van der Waals surface area contributed by atoms with Gasteiger partial charge in [0.25, 0.3) is 5.91 Å². The van der Waals surface area contributed by atoms with Crippen LogP contribution in [0.25, 0.3) is 0 Å². The summed E-state index contributed by atoms with van der Waals surface area (Å²) in [6.45, 7) is 8.01. The number of carbonyl (C=O) groups excluding carboxylic acids is 1. The van der Waals surface area contributed by atoms with Crippen LogP contribution in [-0.2, 0) is 24.6 Å². The van der Waals surface area contributed by atoms with E-state index in [9.17, 15) is 18.0 Å². The van der Waals surface area contributed by atoms with E-state index in [1.54, 1.807) is 11.0 Å². The molecule has 0 bridgehead atoms. The predicted octanol–water partition coefficient (Wildman–Crippen LogP) is 4.38. The smallest absolute Gasteiger partial charge is 0.331 e. The first kappa shape index (κ1) is 19.3. The first-order valence-electron chi connectivity index (χ1n) is 8.80. The average Bonchev–Trinajstić information content (AvgIpc) is 2.57. The van der Waals surface area contributed by atoms with Gasteiger partial charge < -0.3 is 4.90 Å². The van der Waals surface area contributed by atoms with Crippen LogP contribution in [0.4, 0.5) is 13.2 Å². The highest BCUT2D eigenvalue weighted by Crippen LogP contribution is 2.31. The van der Waals surface area contributed by atoms with E-state index in [-0.39, 0.29) is 23.9 Å². The lowest BCUT2D eigenvalue weighted by Crippen LogP contribution is -2.44. The van der Waals surface area contributed by atoms with Gasteiger partial charge >= 0.3 is 6.18 Å². The number of hydrogen-bond acceptors (Lipinski definition) is 3. The minimum absolute atomic E-state index is 0.115. The van der Waals surface area contributed by atoms with Crippen LogP contribution in [0, 0.1) is 0 Å². The molecule has 0 spiro atoms. The van der Waals surface area contributed by atoms with Crippen LogP contribution >= 0.6 is 0 Å². The molecule has 2 heterocycles. The van der Waals surface area contributed by atoms with Crippen LogP contribution in [0.5, 0.6) is 0 Å². The maximum absolute atomic E-state index is 12.9. The molecular formula is C20H22F3N3O. The van der Waals surface area contributed by atoms with E-state index in [4.69, 9.17) is 0 Å². The number of carbonyl (C=O) groups is 1. The van der Waals surface area contributed by atoms with Crippen molar-refractivity contribution in [2.24, 2.45) is 0 Å². The Morgan fingerprint density at radius 1 is 1.22 bits per heavy atom. The summed E-state index contributed by atoms with van der Waals surface area (Å²) in [7, 11) is 0. The minimum atomic E-state index is -4.41. The van der Waals surface area contributed by atoms with E-state index < -0.39 is 11.7 Å². The summed E-state index contributed by atoms with van der Waals surface area (Å²) < 4.78 is 38.8. The van der Waals surface area contributed by atoms with Gasteiger partial charge in [-0.3, -0.25) is 4.79 Å². The van der Waals surface area contributed by atoms with Crippen molar-refractivity contribution in [3.8, 4) is 0 Å². The Hall–Kier alpha value is -2.44. The van der Waals surface area contributed by atoms with Crippen molar-refractivity contribution in [1.82, 2.24) is 14.9 Å². The van der Waals surface area contributed by atoms with Crippen molar-refractivity contribution in [1.29, 1.82) is 0 Å². The van der Waals surface area contributed by atoms with Gasteiger partial charge in [0.1, 0.15) is 5.82 Å². The Bertz CT molecular complexity index is 872. The maximum atomic E-state index is 12.9. The highest BCUT2D eigenvalue weighted by Gasteiger charge is 2.34. The normalized spacial score (nSPS) is 17.8. The SMILES string of the molecule is C[C@@H]1Cc2nc(C(C)(C)C)ncc2C(=O)N1Cc1cccc(C(F)(F)F)c1. The number of fused-ring (bicyclic) bond motifs is 1. The Labute approximate surface area is 156 Å². The lowest BCUT2D eigenvalue weighted by molar-refractivity contribution is -0.137. The van der Waals surface area contributed by atoms with Crippen LogP contribution in [0.3, 0.4) is 0 Å². The standard InChI is InChI=1S/C20H22F3N3O/c1-12-8-16-15(10-24-18(25-16)19(2,3)4)17(27)26(12)11-13-6-5-7-14(9-13)20(21,22)23/h5-7,9-10,12H,8,11H2,1-4H3/t12-/m1/s1. The van der Waals surface area contributed by atoms with E-state index >= 15 is 0 Å². The number of halogens is 3. The molecule has 1 atom stereocenters. The van der Waals surface area contributed by atoms with Crippen LogP contribution in [0.2, 0.25) is 0 Å². The summed E-state index contributed by atoms with van der Waals surface area (Å²) in [6.07, 6.45) is -2.32. The van der Waals surface area contributed by atoms with E-state index in [1.165, 1.54) is 12.3 Å². The number of benzene rings is 1. The summed E-state index contributed by atoms with van der Waals surface area (Å²) in [6, 6.07) is 4.92. The fourth-order valence-electron chi connectivity index (χ4n) is 3.13. The first-order valence-corrected chi connectivity index (χ1v) is 8.80. The number of alkyl halides is 3. The highest BCUT2D eigenvalue weighted by molar-refractivity contribution is 5.96. The van der Waals surface area contributed by atoms with Gasteiger partial charge in [-0.05, 0) is 24.6 Å². The van der Waals surface area contributed by atoms with Gasteiger partial charge in [-0.2, -0.15) is 13.2 Å². The molecule has 1 aromatic carbocycles. The van der Waals surface area contributed by atoms with Crippen molar-refractivity contribution < 1.29 is 18.0 Å². The van der Waals surface area contributed by atoms with Gasteiger partial charge in [-0.1, -0.05) is 32.9 Å². The molecule has 1 aliphatic rings. The molecule has 2 aromatic rings. The van der Waals surface area contributed by atoms with Crippen molar-refractivity contribution in [3.63, 3.8) is 0 Å². The summed E-state index contributed by atoms with van der Waals surface area (Å²) in [5.74, 6) is 0.425. The zero-order valence-corrected chi connectivity index (χ0v) is 15.8. The Kier molecular flexibility index (Phi) is 4.74. The van der Waals surface area contributed by atoms with Crippen LogP contribution in [0.1, 0.15) is 60.7 Å². The minimum Gasteiger partial charge on any atom is -0.331 e. The van der Waals surface area contributed by atoms with Crippen molar-refractivity contribution in [3.05, 3.63) is 58.7 Å². The van der Waals surface area contributed by atoms with Gasteiger partial charge in [0.15, 0.2) is 0 Å². The van der Waals surface area contributed by atoms with E-state index in [0.29, 0.717) is 29.1 Å². The molecule has 0 radical (unpaired) electrons. The molecule has 1 amide bonds. The van der Waals surface area contributed by atoms with Crippen molar-refractivity contribution in [2.45, 2.75) is 58.3 Å². The summed E-state index contributed by atoms with van der Waals surface area (Å²) in [4.78, 5) is 23.4. The molecule has 0 fully saturated rings. The van der Waals surface area contributed by atoms with Crippen molar-refractivity contribution >= 4 is 5.91 Å². The zero-order valence-electron chi connectivity index (χ0n) is 15.8. The lowest BCUT2D eigenvalue weighted by Gasteiger charge is -2.34. The van der Waals surface area contributed by atoms with Gasteiger partial charge in [-0.25, -0.2) is 9.97 Å². The first-order chi connectivity index (χ1) is 12.5. The molecule has 0 unspecified atom stereocenters. The number of nitrogens with zero attached hydrogens (tertiary/aromatic N) is 3. The molecule has 27 heavy (non-hydrogen) atoms. The molecule has 1 aliphatic heterocycles. The predicted molar refractivity (Wildman–Crippen MR) is 95.2 cm³/mol. The molecule has 0 N–H and O–H groups in total. The summed E-state index contributed by atoms with van der Waals surface area (Å²) in [5, 5.41) is 0. The Morgan fingerprint density at radius 3 is 2.56 bits per heavy atom. The molecular weight excluding hydrogens is 355 g/mol. The van der Waals surface area contributed by atoms with Gasteiger partial charge in [0, 0.05) is 30.6 Å². The monoisotopic (exact) mass is 377 g/mol. The quantitative estimate of drug-likeness (QED) is 0.780. The van der Waals surface area contributed by atoms with Crippen LogP contribution in [0.15, 0.2) is 30.5 Å². The number of amides is 1. The topological polar surface area (TPSA) is 46.1 Å². The van der Waals surface area contributed by atoms with Crippen LogP contribution < -0.4 is 0 Å². The summed E-state index contributed by atoms with van der Waals surface area (Å²) in [5.41, 5.74) is 0.633. The Morgan fingerprint density at radius 2 is 1.93 bits per heavy atom. The molecule has 144 valence electrons. The molecule has 3 rings (SSSR count). The average molecular weight is 377 g/mol. The maximum Gasteiger partial charge on any atom is 0.416 e. The fraction of sp³-hybridized carbons (Fsp3) is 0.450. The number of hydrogen-bond donors (Lipinski definition) is 0. The lowest BCUT2D eigenvalue weighted by atomic mass is 9.94. The molecule has 4 nitrogen and oxygen atoms in total. The van der Waals surface area contributed by atoms with Gasteiger partial charge in [-0.15, -0.1) is 0 Å². The third kappa shape index (κ3) is 3.96. The van der Waals surface area contributed by atoms with E-state index in [0.717, 1.165) is 12.1 Å². The second kappa shape index (κ2) is 6.62. The molecule has 1 aromatic heterocycles. The molecule has 0 saturated carbocycles. The van der Waals surface area contributed by atoms with Crippen molar-refractivity contribution in [2.75, 3.05) is 0 Å². The fourth-order valence-corrected chi connectivity index (χ4v) is 3.13. The second-order valence-electron chi connectivity index (χ2n) is 7.99. The zero-order chi connectivity index (χ0) is 20.0. The Balaban J connectivity index is 1.88. The van der Waals surface area contributed by atoms with E-state index in [1.807, 2.05) is 27.7 Å². The highest BCUT2D eigenvalue weighted by atomic mass is 19.4. The summed E-state index contributed by atoms with van der Waals surface area (Å²) >= 11 is 0. The second-order valence-corrected chi connectivity index (χ2v) is 7.99. The van der Waals surface area contributed by atoms with Gasteiger partial charge in [0.2, 0.25) is 0 Å². The molecule has 7 heteroatoms. The largest absolute Gasteiger partial charge is 0.416 e. The molecule has 0 aliphatic carbocycles.